The smallest absolute Gasteiger partial charge is 0.251 e. The van der Waals surface area contributed by atoms with Gasteiger partial charge in [-0.1, -0.05) is 6.07 Å². The average molecular weight is 345 g/mol. The van der Waals surface area contributed by atoms with E-state index in [0.717, 1.165) is 23.5 Å². The number of hydrogen-bond donors (Lipinski definition) is 2. The number of carbonyl (C=O) groups is 1. The normalized spacial score (nSPS) is 16.7. The highest BCUT2D eigenvalue weighted by molar-refractivity contribution is 7.10. The molecule has 0 aliphatic heterocycles. The predicted molar refractivity (Wildman–Crippen MR) is 95.5 cm³/mol. The molecule has 0 bridgehead atoms. The highest BCUT2D eigenvalue weighted by atomic mass is 32.1. The number of amides is 1. The van der Waals surface area contributed by atoms with Crippen LogP contribution in [0.3, 0.4) is 0 Å². The SMILES string of the molecule is CC(C)Oc1ccc(C(=O)NC[C@](O)(c2cccs2)C2CC2)cc1. The molecule has 2 N–H and O–H groups in total. The van der Waals surface area contributed by atoms with Crippen molar-refractivity contribution in [2.24, 2.45) is 5.92 Å². The van der Waals surface area contributed by atoms with Crippen molar-refractivity contribution in [2.45, 2.75) is 38.4 Å². The molecule has 1 aromatic carbocycles. The van der Waals surface area contributed by atoms with Crippen LogP contribution < -0.4 is 10.1 Å². The summed E-state index contributed by atoms with van der Waals surface area (Å²) in [5.74, 6) is 0.801. The first-order valence-electron chi connectivity index (χ1n) is 8.30. The monoisotopic (exact) mass is 345 g/mol. The molecule has 24 heavy (non-hydrogen) atoms. The molecule has 3 rings (SSSR count). The number of thiophene rings is 1. The fourth-order valence-corrected chi connectivity index (χ4v) is 3.70. The maximum absolute atomic E-state index is 12.4. The second-order valence-electron chi connectivity index (χ2n) is 6.55. The van der Waals surface area contributed by atoms with E-state index >= 15 is 0 Å². The van der Waals surface area contributed by atoms with Crippen LogP contribution in [0.15, 0.2) is 41.8 Å². The predicted octanol–water partition coefficient (Wildman–Crippen LogP) is 3.56. The van der Waals surface area contributed by atoms with E-state index in [2.05, 4.69) is 5.32 Å². The molecule has 1 aliphatic carbocycles. The van der Waals surface area contributed by atoms with Crippen LogP contribution in [0.25, 0.3) is 0 Å². The molecular formula is C19H23NO3S. The van der Waals surface area contributed by atoms with Crippen molar-refractivity contribution in [3.8, 4) is 5.75 Å². The van der Waals surface area contributed by atoms with Crippen LogP contribution in [-0.4, -0.2) is 23.7 Å². The Kier molecular flexibility index (Phi) is 4.92. The summed E-state index contributed by atoms with van der Waals surface area (Å²) < 4.78 is 5.58. The highest BCUT2D eigenvalue weighted by Gasteiger charge is 2.45. The first kappa shape index (κ1) is 17.0. The van der Waals surface area contributed by atoms with Gasteiger partial charge in [0.25, 0.3) is 5.91 Å². The Morgan fingerprint density at radius 3 is 2.58 bits per heavy atom. The van der Waals surface area contributed by atoms with Gasteiger partial charge in [0.2, 0.25) is 0 Å². The summed E-state index contributed by atoms with van der Waals surface area (Å²) in [6.07, 6.45) is 2.11. The molecule has 128 valence electrons. The molecule has 1 amide bonds. The van der Waals surface area contributed by atoms with Crippen molar-refractivity contribution in [2.75, 3.05) is 6.54 Å². The summed E-state index contributed by atoms with van der Waals surface area (Å²) in [6, 6.07) is 10.9. The third kappa shape index (κ3) is 3.79. The van der Waals surface area contributed by atoms with Gasteiger partial charge in [-0.2, -0.15) is 0 Å². The largest absolute Gasteiger partial charge is 0.491 e. The molecule has 0 spiro atoms. The van der Waals surface area contributed by atoms with E-state index < -0.39 is 5.60 Å². The number of hydrogen-bond acceptors (Lipinski definition) is 4. The van der Waals surface area contributed by atoms with Crippen LogP contribution in [-0.2, 0) is 5.60 Å². The number of carbonyl (C=O) groups excluding carboxylic acids is 1. The van der Waals surface area contributed by atoms with Crippen molar-refractivity contribution >= 4 is 17.2 Å². The van der Waals surface area contributed by atoms with Crippen LogP contribution >= 0.6 is 11.3 Å². The maximum atomic E-state index is 12.4. The van der Waals surface area contributed by atoms with Crippen LogP contribution in [0.4, 0.5) is 0 Å². The third-order valence-electron chi connectivity index (χ3n) is 4.21. The molecule has 5 heteroatoms. The lowest BCUT2D eigenvalue weighted by atomic mass is 9.95. The Morgan fingerprint density at radius 1 is 1.33 bits per heavy atom. The molecule has 1 aliphatic rings. The minimum atomic E-state index is -0.954. The van der Waals surface area contributed by atoms with Crippen molar-refractivity contribution in [1.29, 1.82) is 0 Å². The summed E-state index contributed by atoms with van der Waals surface area (Å²) in [6.45, 7) is 4.16. The minimum Gasteiger partial charge on any atom is -0.491 e. The second kappa shape index (κ2) is 6.95. The molecule has 1 fully saturated rings. The lowest BCUT2D eigenvalue weighted by Gasteiger charge is -2.27. The Hall–Kier alpha value is -1.85. The minimum absolute atomic E-state index is 0.101. The van der Waals surface area contributed by atoms with Crippen molar-refractivity contribution in [1.82, 2.24) is 5.32 Å². The number of ether oxygens (including phenoxy) is 1. The van der Waals surface area contributed by atoms with Gasteiger partial charge in [0, 0.05) is 10.4 Å². The molecule has 1 heterocycles. The molecule has 1 aromatic heterocycles. The average Bonchev–Trinajstić information content (AvgIpc) is 3.27. The molecule has 4 nitrogen and oxygen atoms in total. The van der Waals surface area contributed by atoms with E-state index in [1.54, 1.807) is 24.3 Å². The van der Waals surface area contributed by atoms with Gasteiger partial charge in [0.1, 0.15) is 11.4 Å². The zero-order valence-corrected chi connectivity index (χ0v) is 14.8. The molecule has 1 saturated carbocycles. The van der Waals surface area contributed by atoms with Crippen LogP contribution in [0.2, 0.25) is 0 Å². The molecule has 0 radical (unpaired) electrons. The zero-order chi connectivity index (χ0) is 17.2. The number of rotatable bonds is 7. The van der Waals surface area contributed by atoms with Gasteiger partial charge in [0.05, 0.1) is 12.6 Å². The van der Waals surface area contributed by atoms with Gasteiger partial charge in [-0.05, 0) is 68.3 Å². The van der Waals surface area contributed by atoms with E-state index in [1.165, 1.54) is 11.3 Å². The van der Waals surface area contributed by atoms with Gasteiger partial charge < -0.3 is 15.2 Å². The van der Waals surface area contributed by atoms with E-state index in [0.29, 0.717) is 5.56 Å². The van der Waals surface area contributed by atoms with E-state index in [9.17, 15) is 9.90 Å². The lowest BCUT2D eigenvalue weighted by molar-refractivity contribution is 0.0169. The summed E-state index contributed by atoms with van der Waals surface area (Å²) >= 11 is 1.54. The van der Waals surface area contributed by atoms with E-state index in [-0.39, 0.29) is 24.5 Å². The Bertz CT molecular complexity index is 677. The first-order valence-corrected chi connectivity index (χ1v) is 9.18. The molecule has 0 saturated heterocycles. The zero-order valence-electron chi connectivity index (χ0n) is 14.0. The Balaban J connectivity index is 1.64. The summed E-state index contributed by atoms with van der Waals surface area (Å²) in [7, 11) is 0. The van der Waals surface area contributed by atoms with E-state index in [4.69, 9.17) is 4.74 Å². The molecule has 0 unspecified atom stereocenters. The topological polar surface area (TPSA) is 58.6 Å². The number of benzene rings is 1. The molecule has 1 atom stereocenters. The quantitative estimate of drug-likeness (QED) is 0.807. The fraction of sp³-hybridized carbons (Fsp3) is 0.421. The van der Waals surface area contributed by atoms with Crippen molar-refractivity contribution in [3.05, 3.63) is 52.2 Å². The molecular weight excluding hydrogens is 322 g/mol. The number of aliphatic hydroxyl groups is 1. The molecule has 2 aromatic rings. The van der Waals surface area contributed by atoms with Crippen molar-refractivity contribution in [3.63, 3.8) is 0 Å². The Morgan fingerprint density at radius 2 is 2.04 bits per heavy atom. The first-order chi connectivity index (χ1) is 11.5. The Labute approximate surface area is 146 Å². The number of nitrogens with one attached hydrogen (secondary N) is 1. The summed E-state index contributed by atoms with van der Waals surface area (Å²) in [4.78, 5) is 13.3. The third-order valence-corrected chi connectivity index (χ3v) is 5.24. The van der Waals surface area contributed by atoms with Crippen molar-refractivity contribution < 1.29 is 14.6 Å². The highest BCUT2D eigenvalue weighted by Crippen LogP contribution is 2.46. The standard InChI is InChI=1S/C19H23NO3S/c1-13(2)23-16-9-5-14(6-10-16)18(21)20-12-19(22,15-7-8-15)17-4-3-11-24-17/h3-6,9-11,13,15,22H,7-8,12H2,1-2H3,(H,20,21)/t19-/m1/s1. The summed E-state index contributed by atoms with van der Waals surface area (Å²) in [5, 5.41) is 15.9. The summed E-state index contributed by atoms with van der Waals surface area (Å²) in [5.41, 5.74) is -0.389. The van der Waals surface area contributed by atoms with Gasteiger partial charge >= 0.3 is 0 Å². The fourth-order valence-electron chi connectivity index (χ4n) is 2.79. The van der Waals surface area contributed by atoms with Crippen LogP contribution in [0.1, 0.15) is 41.9 Å². The van der Waals surface area contributed by atoms with Gasteiger partial charge in [-0.25, -0.2) is 0 Å². The maximum Gasteiger partial charge on any atom is 0.251 e. The van der Waals surface area contributed by atoms with E-state index in [1.807, 2.05) is 31.4 Å². The lowest BCUT2D eigenvalue weighted by Crippen LogP contribution is -2.42. The van der Waals surface area contributed by atoms with Crippen LogP contribution in [0.5, 0.6) is 5.75 Å². The van der Waals surface area contributed by atoms with Gasteiger partial charge in [-0.3, -0.25) is 4.79 Å². The van der Waals surface area contributed by atoms with Gasteiger partial charge in [0.15, 0.2) is 0 Å². The second-order valence-corrected chi connectivity index (χ2v) is 7.50. The van der Waals surface area contributed by atoms with Crippen LogP contribution in [0, 0.1) is 5.92 Å². The van der Waals surface area contributed by atoms with Gasteiger partial charge in [-0.15, -0.1) is 11.3 Å².